The molecule has 1 N–H and O–H groups in total. The van der Waals surface area contributed by atoms with E-state index in [0.717, 1.165) is 11.3 Å². The maximum absolute atomic E-state index is 12.4. The standard InChI is InChI=1S/C19H17N5O2S/c1-14-7-2-3-8-15(14)20-17(25)13-27-19-22-21-18(16-9-6-12-26-16)24(19)23-10-4-5-11-23/h2-12H,13H2,1H3,(H,20,25). The number of carbonyl (C=O) groups is 1. The Hall–Kier alpha value is -3.26. The summed E-state index contributed by atoms with van der Waals surface area (Å²) in [6.07, 6.45) is 5.35. The largest absolute Gasteiger partial charge is 0.461 e. The second-order valence-corrected chi connectivity index (χ2v) is 6.75. The molecule has 4 aromatic rings. The summed E-state index contributed by atoms with van der Waals surface area (Å²) in [5, 5.41) is 12.0. The maximum Gasteiger partial charge on any atom is 0.234 e. The summed E-state index contributed by atoms with van der Waals surface area (Å²) in [5.74, 6) is 1.28. The van der Waals surface area contributed by atoms with Crippen molar-refractivity contribution < 1.29 is 9.21 Å². The number of furan rings is 1. The first-order valence-corrected chi connectivity index (χ1v) is 9.32. The second-order valence-electron chi connectivity index (χ2n) is 5.81. The van der Waals surface area contributed by atoms with Gasteiger partial charge in [0.2, 0.25) is 16.9 Å². The Morgan fingerprint density at radius 2 is 1.93 bits per heavy atom. The first-order valence-electron chi connectivity index (χ1n) is 8.33. The number of carbonyl (C=O) groups excluding carboxylic acids is 1. The van der Waals surface area contributed by atoms with E-state index in [4.69, 9.17) is 4.42 Å². The van der Waals surface area contributed by atoms with Gasteiger partial charge in [0.25, 0.3) is 0 Å². The van der Waals surface area contributed by atoms with Gasteiger partial charge in [0, 0.05) is 18.1 Å². The number of hydrogen-bond donors (Lipinski definition) is 1. The molecule has 0 saturated heterocycles. The highest BCUT2D eigenvalue weighted by atomic mass is 32.2. The summed E-state index contributed by atoms with van der Waals surface area (Å²) in [4.78, 5) is 12.4. The van der Waals surface area contributed by atoms with Gasteiger partial charge in [0.05, 0.1) is 12.0 Å². The quantitative estimate of drug-likeness (QED) is 0.517. The van der Waals surface area contributed by atoms with Crippen molar-refractivity contribution in [3.63, 3.8) is 0 Å². The van der Waals surface area contributed by atoms with E-state index in [1.54, 1.807) is 12.3 Å². The molecule has 4 rings (SSSR count). The number of benzene rings is 1. The van der Waals surface area contributed by atoms with Crippen molar-refractivity contribution >= 4 is 23.4 Å². The Morgan fingerprint density at radius 1 is 1.11 bits per heavy atom. The number of para-hydroxylation sites is 1. The molecule has 8 heteroatoms. The fraction of sp³-hybridized carbons (Fsp3) is 0.105. The van der Waals surface area contributed by atoms with Crippen LogP contribution >= 0.6 is 11.8 Å². The molecule has 0 unspecified atom stereocenters. The van der Waals surface area contributed by atoms with Crippen molar-refractivity contribution in [3.05, 3.63) is 72.8 Å². The van der Waals surface area contributed by atoms with Gasteiger partial charge in [-0.05, 0) is 42.8 Å². The summed E-state index contributed by atoms with van der Waals surface area (Å²) < 4.78 is 9.12. The molecule has 0 aliphatic rings. The Bertz CT molecular complexity index is 1040. The molecule has 0 bridgehead atoms. The smallest absolute Gasteiger partial charge is 0.234 e. The zero-order chi connectivity index (χ0) is 18.6. The van der Waals surface area contributed by atoms with Crippen LogP contribution in [0.5, 0.6) is 0 Å². The van der Waals surface area contributed by atoms with E-state index < -0.39 is 0 Å². The lowest BCUT2D eigenvalue weighted by atomic mass is 10.2. The molecule has 27 heavy (non-hydrogen) atoms. The van der Waals surface area contributed by atoms with Crippen LogP contribution in [0.4, 0.5) is 5.69 Å². The van der Waals surface area contributed by atoms with Gasteiger partial charge in [-0.3, -0.25) is 9.47 Å². The van der Waals surface area contributed by atoms with Gasteiger partial charge in [-0.2, -0.15) is 0 Å². The average molecular weight is 379 g/mol. The molecule has 0 spiro atoms. The first-order chi connectivity index (χ1) is 13.2. The predicted octanol–water partition coefficient (Wildman–Crippen LogP) is 3.69. The van der Waals surface area contributed by atoms with Crippen LogP contribution in [-0.2, 0) is 4.79 Å². The number of aromatic nitrogens is 4. The van der Waals surface area contributed by atoms with Crippen LogP contribution in [0, 0.1) is 6.92 Å². The minimum Gasteiger partial charge on any atom is -0.461 e. The summed E-state index contributed by atoms with van der Waals surface area (Å²) in [6.45, 7) is 1.96. The summed E-state index contributed by atoms with van der Waals surface area (Å²) >= 11 is 1.31. The van der Waals surface area contributed by atoms with Crippen LogP contribution in [0.3, 0.4) is 0 Å². The Labute approximate surface area is 160 Å². The zero-order valence-electron chi connectivity index (χ0n) is 14.6. The molecular weight excluding hydrogens is 362 g/mol. The van der Waals surface area contributed by atoms with Gasteiger partial charge in [-0.15, -0.1) is 10.2 Å². The highest BCUT2D eigenvalue weighted by Crippen LogP contribution is 2.25. The highest BCUT2D eigenvalue weighted by molar-refractivity contribution is 7.99. The number of thioether (sulfide) groups is 1. The number of nitrogens with one attached hydrogen (secondary N) is 1. The molecule has 0 atom stereocenters. The molecule has 3 heterocycles. The fourth-order valence-electron chi connectivity index (χ4n) is 2.61. The van der Waals surface area contributed by atoms with Gasteiger partial charge in [-0.25, -0.2) is 4.68 Å². The summed E-state index contributed by atoms with van der Waals surface area (Å²) in [7, 11) is 0. The minimum atomic E-state index is -0.101. The van der Waals surface area contributed by atoms with E-state index in [1.165, 1.54) is 11.8 Å². The Morgan fingerprint density at radius 3 is 2.67 bits per heavy atom. The van der Waals surface area contributed by atoms with Gasteiger partial charge < -0.3 is 9.73 Å². The topological polar surface area (TPSA) is 77.9 Å². The van der Waals surface area contributed by atoms with E-state index in [2.05, 4.69) is 15.5 Å². The lowest BCUT2D eigenvalue weighted by Crippen LogP contribution is -2.16. The molecule has 0 radical (unpaired) electrons. The molecule has 7 nitrogen and oxygen atoms in total. The number of rotatable bonds is 6. The van der Waals surface area contributed by atoms with Crippen LogP contribution in [0.15, 0.2) is 76.8 Å². The maximum atomic E-state index is 12.4. The van der Waals surface area contributed by atoms with Crippen molar-refractivity contribution in [1.82, 2.24) is 19.5 Å². The lowest BCUT2D eigenvalue weighted by Gasteiger charge is -2.10. The van der Waals surface area contributed by atoms with E-state index in [-0.39, 0.29) is 11.7 Å². The van der Waals surface area contributed by atoms with Crippen LogP contribution < -0.4 is 5.32 Å². The molecule has 1 aromatic carbocycles. The van der Waals surface area contributed by atoms with Crippen molar-refractivity contribution in [2.24, 2.45) is 0 Å². The number of hydrogen-bond acceptors (Lipinski definition) is 5. The first kappa shape index (κ1) is 17.2. The second kappa shape index (κ2) is 7.55. The zero-order valence-corrected chi connectivity index (χ0v) is 15.4. The average Bonchev–Trinajstić information content (AvgIpc) is 3.42. The van der Waals surface area contributed by atoms with Gasteiger partial charge in [-0.1, -0.05) is 30.0 Å². The van der Waals surface area contributed by atoms with Gasteiger partial charge in [0.1, 0.15) is 0 Å². The highest BCUT2D eigenvalue weighted by Gasteiger charge is 2.18. The minimum absolute atomic E-state index is 0.101. The van der Waals surface area contributed by atoms with Crippen LogP contribution in [0.1, 0.15) is 5.56 Å². The van der Waals surface area contributed by atoms with Crippen molar-refractivity contribution in [2.45, 2.75) is 12.1 Å². The van der Waals surface area contributed by atoms with Gasteiger partial charge >= 0.3 is 0 Å². The van der Waals surface area contributed by atoms with Crippen LogP contribution in [-0.4, -0.2) is 31.2 Å². The molecule has 136 valence electrons. The van der Waals surface area contributed by atoms with Gasteiger partial charge in [0.15, 0.2) is 5.76 Å². The molecular formula is C19H17N5O2S. The normalized spacial score (nSPS) is 10.9. The summed E-state index contributed by atoms with van der Waals surface area (Å²) in [6, 6.07) is 15.1. The Balaban J connectivity index is 1.54. The van der Waals surface area contributed by atoms with E-state index in [9.17, 15) is 4.79 Å². The third-order valence-corrected chi connectivity index (χ3v) is 4.84. The molecule has 0 fully saturated rings. The third kappa shape index (κ3) is 3.65. The number of nitrogens with zero attached hydrogens (tertiary/aromatic N) is 4. The SMILES string of the molecule is Cc1ccccc1NC(=O)CSc1nnc(-c2ccco2)n1-n1cccc1. The molecule has 3 aromatic heterocycles. The number of anilines is 1. The molecule has 1 amide bonds. The lowest BCUT2D eigenvalue weighted by molar-refractivity contribution is -0.113. The van der Waals surface area contributed by atoms with Crippen molar-refractivity contribution in [3.8, 4) is 11.6 Å². The van der Waals surface area contributed by atoms with Crippen LogP contribution in [0.25, 0.3) is 11.6 Å². The number of amides is 1. The monoisotopic (exact) mass is 379 g/mol. The molecule has 0 aliphatic carbocycles. The van der Waals surface area contributed by atoms with Crippen LogP contribution in [0.2, 0.25) is 0 Å². The predicted molar refractivity (Wildman–Crippen MR) is 103 cm³/mol. The summed E-state index contributed by atoms with van der Waals surface area (Å²) in [5.41, 5.74) is 1.83. The molecule has 0 aliphatic heterocycles. The Kier molecular flexibility index (Phi) is 4.80. The molecule has 0 saturated carbocycles. The number of aryl methyl sites for hydroxylation is 1. The third-order valence-electron chi connectivity index (χ3n) is 3.92. The van der Waals surface area contributed by atoms with E-state index >= 15 is 0 Å². The van der Waals surface area contributed by atoms with Crippen molar-refractivity contribution in [2.75, 3.05) is 11.1 Å². The fourth-order valence-corrected chi connectivity index (χ4v) is 3.35. The van der Waals surface area contributed by atoms with Crippen molar-refractivity contribution in [1.29, 1.82) is 0 Å². The van der Waals surface area contributed by atoms with E-state index in [1.807, 2.05) is 71.1 Å². The van der Waals surface area contributed by atoms with E-state index in [0.29, 0.717) is 16.7 Å².